The first kappa shape index (κ1) is 38.2. The van der Waals surface area contributed by atoms with E-state index in [0.29, 0.717) is 73.6 Å². The number of aromatic nitrogens is 4. The van der Waals surface area contributed by atoms with Gasteiger partial charge in [0.2, 0.25) is 23.6 Å². The van der Waals surface area contributed by atoms with Crippen molar-refractivity contribution in [1.82, 2.24) is 40.8 Å². The lowest BCUT2D eigenvalue weighted by atomic mass is 9.94. The molecule has 0 spiro atoms. The summed E-state index contributed by atoms with van der Waals surface area (Å²) in [5.41, 5.74) is 6.92. The van der Waals surface area contributed by atoms with Gasteiger partial charge in [0.1, 0.15) is 24.1 Å². The quantitative estimate of drug-likeness (QED) is 0.131. The molecule has 4 amide bonds. The van der Waals surface area contributed by atoms with Gasteiger partial charge in [-0.2, -0.15) is 11.8 Å². The number of nitrogens with one attached hydrogen (secondary N) is 4. The van der Waals surface area contributed by atoms with Crippen molar-refractivity contribution < 1.29 is 33.4 Å². The Labute approximate surface area is 308 Å². The molecule has 4 saturated heterocycles. The number of carbonyl (C=O) groups excluding carboxylic acids is 4. The number of anilines is 1. The SMILES string of the molecule is CC1(C)OC2[C@H](n3cnc4c(N)ncnc43)O[C@H](NC(=O)CCCCCNC(=O)CCCCCNC(=O)CCCC[C@@H]3SC[C@@H]4NC(=O)C[C@@H]43)[C@H]2O1. The molecule has 0 aliphatic carbocycles. The zero-order valence-corrected chi connectivity index (χ0v) is 31.0. The van der Waals surface area contributed by atoms with Crippen LogP contribution in [0.5, 0.6) is 0 Å². The predicted molar refractivity (Wildman–Crippen MR) is 193 cm³/mol. The van der Waals surface area contributed by atoms with Gasteiger partial charge in [0, 0.05) is 61.7 Å². The minimum atomic E-state index is -0.857. The number of unbranched alkanes of at least 4 members (excludes halogenated alkanes) is 5. The smallest absolute Gasteiger partial charge is 0.222 e. The van der Waals surface area contributed by atoms with Gasteiger partial charge in [-0.15, -0.1) is 0 Å². The third kappa shape index (κ3) is 9.71. The van der Waals surface area contributed by atoms with Crippen molar-refractivity contribution in [3.8, 4) is 0 Å². The predicted octanol–water partition coefficient (Wildman–Crippen LogP) is 2.43. The maximum atomic E-state index is 12.9. The van der Waals surface area contributed by atoms with Crippen LogP contribution in [-0.2, 0) is 33.4 Å². The molecule has 2 aromatic rings. The van der Waals surface area contributed by atoms with Crippen LogP contribution in [0.4, 0.5) is 5.82 Å². The summed E-state index contributed by atoms with van der Waals surface area (Å²) >= 11 is 1.96. The normalized spacial score (nSPS) is 27.3. The van der Waals surface area contributed by atoms with E-state index in [-0.39, 0.29) is 29.4 Å². The average Bonchev–Trinajstić information content (AvgIpc) is 3.91. The monoisotopic (exact) mass is 743 g/mol. The minimum Gasteiger partial charge on any atom is -0.382 e. The summed E-state index contributed by atoms with van der Waals surface area (Å²) in [6, 6.07) is 0.346. The molecule has 4 fully saturated rings. The van der Waals surface area contributed by atoms with Gasteiger partial charge in [-0.3, -0.25) is 23.7 Å². The third-order valence-electron chi connectivity index (χ3n) is 10.2. The number of amides is 4. The number of imidazole rings is 1. The fraction of sp³-hybridized carbons (Fsp3) is 0.743. The lowest BCUT2D eigenvalue weighted by Crippen LogP contribution is -2.43. The minimum absolute atomic E-state index is 0.0234. The highest BCUT2D eigenvalue weighted by molar-refractivity contribution is 8.00. The van der Waals surface area contributed by atoms with E-state index in [1.54, 1.807) is 10.9 Å². The molecule has 4 aliphatic heterocycles. The first-order chi connectivity index (χ1) is 25.1. The second-order valence-electron chi connectivity index (χ2n) is 14.6. The molecule has 1 unspecified atom stereocenters. The van der Waals surface area contributed by atoms with Crippen LogP contribution in [0.15, 0.2) is 12.7 Å². The molecule has 2 aromatic heterocycles. The van der Waals surface area contributed by atoms with Crippen LogP contribution >= 0.6 is 11.8 Å². The Morgan fingerprint density at radius 2 is 1.60 bits per heavy atom. The van der Waals surface area contributed by atoms with E-state index in [1.807, 2.05) is 25.6 Å². The fourth-order valence-corrected chi connectivity index (χ4v) is 9.23. The second kappa shape index (κ2) is 17.5. The molecule has 52 heavy (non-hydrogen) atoms. The van der Waals surface area contributed by atoms with Crippen molar-refractivity contribution in [3.63, 3.8) is 0 Å². The van der Waals surface area contributed by atoms with E-state index in [4.69, 9.17) is 19.9 Å². The summed E-state index contributed by atoms with van der Waals surface area (Å²) in [5.74, 6) is 1.02. The van der Waals surface area contributed by atoms with Gasteiger partial charge in [-0.05, 0) is 52.4 Å². The van der Waals surface area contributed by atoms with Gasteiger partial charge in [-0.25, -0.2) is 15.0 Å². The number of ether oxygens (including phenoxy) is 3. The van der Waals surface area contributed by atoms with Crippen molar-refractivity contribution in [3.05, 3.63) is 12.7 Å². The topological polar surface area (TPSA) is 214 Å². The highest BCUT2D eigenvalue weighted by Gasteiger charge is 2.56. The van der Waals surface area contributed by atoms with E-state index in [9.17, 15) is 19.2 Å². The van der Waals surface area contributed by atoms with Crippen molar-refractivity contribution in [2.24, 2.45) is 5.92 Å². The molecule has 286 valence electrons. The lowest BCUT2D eigenvalue weighted by molar-refractivity contribution is -0.200. The molecule has 16 nitrogen and oxygen atoms in total. The number of hydrogen-bond acceptors (Lipinski definition) is 12. The lowest BCUT2D eigenvalue weighted by Gasteiger charge is -2.25. The Balaban J connectivity index is 0.771. The highest BCUT2D eigenvalue weighted by Crippen LogP contribution is 2.43. The third-order valence-corrected chi connectivity index (χ3v) is 11.8. The molecule has 4 aliphatic rings. The highest BCUT2D eigenvalue weighted by atomic mass is 32.2. The number of nitrogens with zero attached hydrogens (tertiary/aromatic N) is 4. The Morgan fingerprint density at radius 3 is 2.33 bits per heavy atom. The van der Waals surface area contributed by atoms with Gasteiger partial charge in [0.05, 0.1) is 6.33 Å². The molecule has 0 aromatic carbocycles. The number of rotatable bonds is 19. The summed E-state index contributed by atoms with van der Waals surface area (Å²) in [5, 5.41) is 12.5. The maximum absolute atomic E-state index is 12.9. The van der Waals surface area contributed by atoms with Gasteiger partial charge in [0.15, 0.2) is 29.7 Å². The van der Waals surface area contributed by atoms with Crippen LogP contribution < -0.4 is 27.0 Å². The first-order valence-corrected chi connectivity index (χ1v) is 19.8. The van der Waals surface area contributed by atoms with Gasteiger partial charge in [-0.1, -0.05) is 19.3 Å². The molecule has 6 heterocycles. The molecular formula is C35H53N9O7S. The van der Waals surface area contributed by atoms with E-state index >= 15 is 0 Å². The van der Waals surface area contributed by atoms with E-state index in [2.05, 4.69) is 36.2 Å². The van der Waals surface area contributed by atoms with Crippen molar-refractivity contribution in [1.29, 1.82) is 0 Å². The number of hydrogen-bond donors (Lipinski definition) is 5. The largest absolute Gasteiger partial charge is 0.382 e. The summed E-state index contributed by atoms with van der Waals surface area (Å²) in [4.78, 5) is 61.6. The molecule has 0 bridgehead atoms. The number of fused-ring (bicyclic) bond motifs is 3. The van der Waals surface area contributed by atoms with Crippen LogP contribution in [0.1, 0.15) is 104 Å². The number of thioether (sulfide) groups is 1. The molecule has 0 radical (unpaired) electrons. The molecule has 6 rings (SSSR count). The average molecular weight is 744 g/mol. The Hall–Kier alpha value is -3.54. The zero-order valence-electron chi connectivity index (χ0n) is 30.1. The molecule has 6 N–H and O–H groups in total. The van der Waals surface area contributed by atoms with Gasteiger partial charge < -0.3 is 41.2 Å². The van der Waals surface area contributed by atoms with E-state index < -0.39 is 30.5 Å². The standard InChI is InChI=1S/C35H53N9O7S/c1-35(2)50-29-30(51-35)34(44-20-41-28-31(36)39-19-40-32(28)44)49-33(29)43-26(47)14-6-4-10-16-37-24(45)12-5-3-9-15-38-25(46)13-8-7-11-23-21-17-27(48)42-22(21)18-52-23/h19-23,29-30,33-34H,3-18H2,1-2H3,(H,37,45)(H,38,46)(H,42,48)(H,43,47)(H2,36,39,40)/t21-,22-,23-,29-,30?,33-,34+/m0/s1. The fourth-order valence-electron chi connectivity index (χ4n) is 7.58. The summed E-state index contributed by atoms with van der Waals surface area (Å²) in [7, 11) is 0. The molecule has 7 atom stereocenters. The maximum Gasteiger partial charge on any atom is 0.222 e. The van der Waals surface area contributed by atoms with Gasteiger partial charge >= 0.3 is 0 Å². The number of nitrogen functional groups attached to an aromatic ring is 1. The van der Waals surface area contributed by atoms with Crippen molar-refractivity contribution in [2.45, 2.75) is 139 Å². The molecule has 0 saturated carbocycles. The van der Waals surface area contributed by atoms with Crippen molar-refractivity contribution >= 4 is 52.4 Å². The van der Waals surface area contributed by atoms with E-state index in [1.165, 1.54) is 6.33 Å². The molecular weight excluding hydrogens is 691 g/mol. The van der Waals surface area contributed by atoms with Gasteiger partial charge in [0.25, 0.3) is 0 Å². The Morgan fingerprint density at radius 1 is 0.923 bits per heavy atom. The first-order valence-electron chi connectivity index (χ1n) is 18.8. The summed E-state index contributed by atoms with van der Waals surface area (Å²) < 4.78 is 20.2. The van der Waals surface area contributed by atoms with Crippen LogP contribution in [0.3, 0.4) is 0 Å². The summed E-state index contributed by atoms with van der Waals surface area (Å²) in [6.45, 7) is 4.84. The Kier molecular flexibility index (Phi) is 12.9. The van der Waals surface area contributed by atoms with Crippen LogP contribution in [-0.4, -0.2) is 97.5 Å². The second-order valence-corrected chi connectivity index (χ2v) is 15.9. The number of carbonyl (C=O) groups is 4. The van der Waals surface area contributed by atoms with Crippen LogP contribution in [0, 0.1) is 5.92 Å². The van der Waals surface area contributed by atoms with Crippen LogP contribution in [0.25, 0.3) is 11.2 Å². The van der Waals surface area contributed by atoms with Crippen LogP contribution in [0.2, 0.25) is 0 Å². The van der Waals surface area contributed by atoms with E-state index in [0.717, 1.165) is 57.1 Å². The summed E-state index contributed by atoms with van der Waals surface area (Å²) in [6.07, 6.45) is 10.2. The van der Waals surface area contributed by atoms with Crippen molar-refractivity contribution in [2.75, 3.05) is 24.6 Å². The number of nitrogens with two attached hydrogens (primary N) is 1. The Bertz CT molecular complexity index is 1570. The molecule has 17 heteroatoms. The zero-order chi connectivity index (χ0) is 36.7.